The van der Waals surface area contributed by atoms with Crippen molar-refractivity contribution >= 4 is 35.0 Å². The minimum Gasteiger partial charge on any atom is -0.326 e. The molecule has 0 saturated carbocycles. The molecule has 0 unspecified atom stereocenters. The van der Waals surface area contributed by atoms with E-state index in [2.05, 4.69) is 12.1 Å². The molecule has 0 amide bonds. The van der Waals surface area contributed by atoms with Crippen molar-refractivity contribution in [3.63, 3.8) is 0 Å². The highest BCUT2D eigenvalue weighted by molar-refractivity contribution is 7.98. The molecule has 0 fully saturated rings. The molecular formula is C14H13Cl2NS. The van der Waals surface area contributed by atoms with Gasteiger partial charge in [0.15, 0.2) is 0 Å². The molecule has 2 N–H and O–H groups in total. The first-order valence-electron chi connectivity index (χ1n) is 5.55. The summed E-state index contributed by atoms with van der Waals surface area (Å²) in [4.78, 5) is 1.20. The van der Waals surface area contributed by atoms with E-state index in [9.17, 15) is 0 Å². The molecule has 0 bridgehead atoms. The Hall–Kier alpha value is -0.670. The first-order chi connectivity index (χ1) is 8.69. The lowest BCUT2D eigenvalue weighted by molar-refractivity contribution is 1.07. The predicted molar refractivity (Wildman–Crippen MR) is 80.4 cm³/mol. The summed E-state index contributed by atoms with van der Waals surface area (Å²) in [5.74, 6) is 0.807. The van der Waals surface area contributed by atoms with Gasteiger partial charge in [-0.25, -0.2) is 0 Å². The summed E-state index contributed by atoms with van der Waals surface area (Å²) < 4.78 is 0. The third-order valence-corrected chi connectivity index (χ3v) is 4.23. The Morgan fingerprint density at radius 1 is 1.00 bits per heavy atom. The molecule has 2 aromatic carbocycles. The fraction of sp³-hybridized carbons (Fsp3) is 0.143. The predicted octanol–water partition coefficient (Wildman–Crippen LogP) is 4.74. The standard InChI is InChI=1S/C14H13Cl2NS/c15-12-3-6-14(16)11(7-12)9-18-13-4-1-10(8-17)2-5-13/h1-7H,8-9,17H2. The molecule has 0 aromatic heterocycles. The van der Waals surface area contributed by atoms with Crippen molar-refractivity contribution in [3.8, 4) is 0 Å². The number of rotatable bonds is 4. The lowest BCUT2D eigenvalue weighted by Gasteiger charge is -2.05. The number of hydrogen-bond acceptors (Lipinski definition) is 2. The van der Waals surface area contributed by atoms with Gasteiger partial charge in [-0.2, -0.15) is 0 Å². The van der Waals surface area contributed by atoms with Gasteiger partial charge in [0, 0.05) is 27.2 Å². The zero-order valence-corrected chi connectivity index (χ0v) is 12.0. The fourth-order valence-electron chi connectivity index (χ4n) is 1.54. The average molecular weight is 298 g/mol. The SMILES string of the molecule is NCc1ccc(SCc2cc(Cl)ccc2Cl)cc1. The van der Waals surface area contributed by atoms with Crippen molar-refractivity contribution in [2.45, 2.75) is 17.2 Å². The van der Waals surface area contributed by atoms with Crippen LogP contribution in [0.5, 0.6) is 0 Å². The molecule has 0 saturated heterocycles. The number of thioether (sulfide) groups is 1. The van der Waals surface area contributed by atoms with E-state index in [0.717, 1.165) is 21.9 Å². The van der Waals surface area contributed by atoms with Crippen LogP contribution in [0.4, 0.5) is 0 Å². The van der Waals surface area contributed by atoms with E-state index in [4.69, 9.17) is 28.9 Å². The highest BCUT2D eigenvalue weighted by Gasteiger charge is 2.02. The van der Waals surface area contributed by atoms with Gasteiger partial charge in [-0.3, -0.25) is 0 Å². The molecule has 18 heavy (non-hydrogen) atoms. The smallest absolute Gasteiger partial charge is 0.0447 e. The molecule has 0 aliphatic carbocycles. The normalized spacial score (nSPS) is 10.6. The largest absolute Gasteiger partial charge is 0.326 e. The zero-order chi connectivity index (χ0) is 13.0. The van der Waals surface area contributed by atoms with Gasteiger partial charge in [0.05, 0.1) is 0 Å². The minimum atomic E-state index is 0.574. The molecule has 0 heterocycles. The fourth-order valence-corrected chi connectivity index (χ4v) is 2.88. The molecule has 0 radical (unpaired) electrons. The molecule has 2 rings (SSSR count). The maximum Gasteiger partial charge on any atom is 0.0447 e. The highest BCUT2D eigenvalue weighted by atomic mass is 35.5. The summed E-state index contributed by atoms with van der Waals surface area (Å²) in [5.41, 5.74) is 7.75. The Labute approximate surface area is 121 Å². The van der Waals surface area contributed by atoms with Gasteiger partial charge >= 0.3 is 0 Å². The summed E-state index contributed by atoms with van der Waals surface area (Å²) in [6.45, 7) is 0.574. The zero-order valence-electron chi connectivity index (χ0n) is 9.70. The van der Waals surface area contributed by atoms with Crippen LogP contribution in [0.25, 0.3) is 0 Å². The lowest BCUT2D eigenvalue weighted by Crippen LogP contribution is -1.94. The van der Waals surface area contributed by atoms with Crippen molar-refractivity contribution in [1.82, 2.24) is 0 Å². The summed E-state index contributed by atoms with van der Waals surface area (Å²) in [6.07, 6.45) is 0. The lowest BCUT2D eigenvalue weighted by atomic mass is 10.2. The van der Waals surface area contributed by atoms with Crippen LogP contribution < -0.4 is 5.73 Å². The van der Waals surface area contributed by atoms with Crippen LogP contribution in [0.2, 0.25) is 10.0 Å². The number of benzene rings is 2. The van der Waals surface area contributed by atoms with E-state index in [-0.39, 0.29) is 0 Å². The van der Waals surface area contributed by atoms with E-state index in [1.165, 1.54) is 4.90 Å². The van der Waals surface area contributed by atoms with E-state index < -0.39 is 0 Å². The molecule has 2 aromatic rings. The highest BCUT2D eigenvalue weighted by Crippen LogP contribution is 2.28. The maximum absolute atomic E-state index is 6.12. The maximum atomic E-state index is 6.12. The van der Waals surface area contributed by atoms with Crippen LogP contribution in [0.15, 0.2) is 47.4 Å². The number of nitrogens with two attached hydrogens (primary N) is 1. The number of halogens is 2. The summed E-state index contributed by atoms with van der Waals surface area (Å²) in [6, 6.07) is 13.8. The quantitative estimate of drug-likeness (QED) is 0.825. The third kappa shape index (κ3) is 3.66. The topological polar surface area (TPSA) is 26.0 Å². The Morgan fingerprint density at radius 2 is 1.72 bits per heavy atom. The van der Waals surface area contributed by atoms with E-state index >= 15 is 0 Å². The van der Waals surface area contributed by atoms with Gasteiger partial charge in [-0.05, 0) is 41.5 Å². The van der Waals surface area contributed by atoms with Crippen LogP contribution in [-0.2, 0) is 12.3 Å². The monoisotopic (exact) mass is 297 g/mol. The molecule has 0 aliphatic rings. The second kappa shape index (κ2) is 6.48. The molecule has 0 spiro atoms. The molecule has 1 nitrogen and oxygen atoms in total. The van der Waals surface area contributed by atoms with Crippen molar-refractivity contribution in [2.75, 3.05) is 0 Å². The van der Waals surface area contributed by atoms with Gasteiger partial charge in [0.25, 0.3) is 0 Å². The number of hydrogen-bond donors (Lipinski definition) is 1. The first-order valence-corrected chi connectivity index (χ1v) is 7.29. The van der Waals surface area contributed by atoms with Gasteiger partial charge in [0.1, 0.15) is 0 Å². The first kappa shape index (κ1) is 13.8. The van der Waals surface area contributed by atoms with E-state index in [1.54, 1.807) is 17.8 Å². The Balaban J connectivity index is 2.04. The van der Waals surface area contributed by atoms with Crippen molar-refractivity contribution in [2.24, 2.45) is 5.73 Å². The van der Waals surface area contributed by atoms with Crippen molar-refractivity contribution in [1.29, 1.82) is 0 Å². The van der Waals surface area contributed by atoms with E-state index in [1.807, 2.05) is 24.3 Å². The van der Waals surface area contributed by atoms with Gasteiger partial charge in [0.2, 0.25) is 0 Å². The van der Waals surface area contributed by atoms with Crippen molar-refractivity contribution < 1.29 is 0 Å². The van der Waals surface area contributed by atoms with Crippen LogP contribution in [0, 0.1) is 0 Å². The van der Waals surface area contributed by atoms with Crippen LogP contribution >= 0.6 is 35.0 Å². The molecule has 4 heteroatoms. The third-order valence-electron chi connectivity index (χ3n) is 2.56. The Kier molecular flexibility index (Phi) is 4.95. The van der Waals surface area contributed by atoms with Gasteiger partial charge in [-0.1, -0.05) is 35.3 Å². The molecule has 94 valence electrons. The van der Waals surface area contributed by atoms with Gasteiger partial charge < -0.3 is 5.73 Å². The van der Waals surface area contributed by atoms with Crippen LogP contribution in [-0.4, -0.2) is 0 Å². The molecule has 0 atom stereocenters. The average Bonchev–Trinajstić information content (AvgIpc) is 2.40. The van der Waals surface area contributed by atoms with Crippen LogP contribution in [0.3, 0.4) is 0 Å². The Bertz CT molecular complexity index is 526. The van der Waals surface area contributed by atoms with Gasteiger partial charge in [-0.15, -0.1) is 11.8 Å². The van der Waals surface area contributed by atoms with E-state index in [0.29, 0.717) is 11.6 Å². The second-order valence-corrected chi connectivity index (χ2v) is 5.76. The minimum absolute atomic E-state index is 0.574. The Morgan fingerprint density at radius 3 is 2.39 bits per heavy atom. The van der Waals surface area contributed by atoms with Crippen LogP contribution in [0.1, 0.15) is 11.1 Å². The molecular weight excluding hydrogens is 285 g/mol. The summed E-state index contributed by atoms with van der Waals surface area (Å²) >= 11 is 13.8. The molecule has 0 aliphatic heterocycles. The second-order valence-electron chi connectivity index (χ2n) is 3.87. The van der Waals surface area contributed by atoms with Crippen molar-refractivity contribution in [3.05, 3.63) is 63.6 Å². The summed E-state index contributed by atoms with van der Waals surface area (Å²) in [7, 11) is 0. The summed E-state index contributed by atoms with van der Waals surface area (Å²) in [5, 5.41) is 1.47.